The van der Waals surface area contributed by atoms with Gasteiger partial charge in [-0.1, -0.05) is 48.1 Å². The molecule has 1 aliphatic carbocycles. The van der Waals surface area contributed by atoms with E-state index in [0.717, 1.165) is 32.5 Å². The number of rotatable bonds is 12. The SMILES string of the molecule is NCCCCc1ccc(CCCCNCCC2=CCCC=C2)cc1. The number of nitrogens with two attached hydrogens (primary N) is 1. The van der Waals surface area contributed by atoms with E-state index in [9.17, 15) is 0 Å². The Morgan fingerprint density at radius 1 is 0.792 bits per heavy atom. The third kappa shape index (κ3) is 7.94. The minimum absolute atomic E-state index is 0.806. The Morgan fingerprint density at radius 2 is 1.50 bits per heavy atom. The first-order valence-electron chi connectivity index (χ1n) is 9.72. The van der Waals surface area contributed by atoms with Crippen molar-refractivity contribution in [3.63, 3.8) is 0 Å². The molecule has 0 saturated heterocycles. The molecule has 2 heteroatoms. The first-order chi connectivity index (χ1) is 11.9. The van der Waals surface area contributed by atoms with Crippen LogP contribution in [-0.4, -0.2) is 19.6 Å². The second kappa shape index (κ2) is 12.0. The monoisotopic (exact) mass is 326 g/mol. The number of benzene rings is 1. The molecular weight excluding hydrogens is 292 g/mol. The Bertz CT molecular complexity index is 499. The molecule has 0 saturated carbocycles. The number of unbranched alkanes of at least 4 members (excludes halogenated alkanes) is 2. The van der Waals surface area contributed by atoms with Crippen LogP contribution in [0.4, 0.5) is 0 Å². The molecule has 0 fully saturated rings. The molecule has 0 aromatic heterocycles. The first-order valence-corrected chi connectivity index (χ1v) is 9.72. The van der Waals surface area contributed by atoms with Crippen molar-refractivity contribution in [3.05, 3.63) is 59.2 Å². The molecular formula is C22H34N2. The van der Waals surface area contributed by atoms with Crippen molar-refractivity contribution in [3.8, 4) is 0 Å². The zero-order valence-electron chi connectivity index (χ0n) is 15.1. The predicted octanol–water partition coefficient (Wildman–Crippen LogP) is 4.55. The summed E-state index contributed by atoms with van der Waals surface area (Å²) in [6.07, 6.45) is 17.8. The minimum atomic E-state index is 0.806. The lowest BCUT2D eigenvalue weighted by molar-refractivity contribution is 0.622. The molecule has 0 heterocycles. The number of hydrogen-bond donors (Lipinski definition) is 2. The van der Waals surface area contributed by atoms with Gasteiger partial charge >= 0.3 is 0 Å². The van der Waals surface area contributed by atoms with Gasteiger partial charge in [-0.25, -0.2) is 0 Å². The van der Waals surface area contributed by atoms with Crippen LogP contribution in [0.25, 0.3) is 0 Å². The molecule has 2 nitrogen and oxygen atoms in total. The third-order valence-corrected chi connectivity index (χ3v) is 4.67. The van der Waals surface area contributed by atoms with Gasteiger partial charge in [-0.05, 0) is 88.5 Å². The van der Waals surface area contributed by atoms with Crippen molar-refractivity contribution >= 4 is 0 Å². The third-order valence-electron chi connectivity index (χ3n) is 4.67. The van der Waals surface area contributed by atoms with Crippen molar-refractivity contribution in [1.29, 1.82) is 0 Å². The quantitative estimate of drug-likeness (QED) is 0.553. The van der Waals surface area contributed by atoms with Gasteiger partial charge in [0, 0.05) is 0 Å². The number of allylic oxidation sites excluding steroid dienone is 3. The maximum atomic E-state index is 5.54. The lowest BCUT2D eigenvalue weighted by Gasteiger charge is -2.08. The van der Waals surface area contributed by atoms with Crippen molar-refractivity contribution in [2.75, 3.05) is 19.6 Å². The largest absolute Gasteiger partial charge is 0.330 e. The Labute approximate surface area is 148 Å². The molecule has 0 radical (unpaired) electrons. The van der Waals surface area contributed by atoms with Crippen LogP contribution in [0.3, 0.4) is 0 Å². The Balaban J connectivity index is 1.49. The van der Waals surface area contributed by atoms with Gasteiger partial charge in [-0.15, -0.1) is 0 Å². The topological polar surface area (TPSA) is 38.0 Å². The average Bonchev–Trinajstić information content (AvgIpc) is 2.63. The molecule has 0 spiro atoms. The van der Waals surface area contributed by atoms with E-state index >= 15 is 0 Å². The van der Waals surface area contributed by atoms with E-state index in [4.69, 9.17) is 5.73 Å². The molecule has 0 atom stereocenters. The van der Waals surface area contributed by atoms with Crippen molar-refractivity contribution < 1.29 is 0 Å². The van der Waals surface area contributed by atoms with E-state index in [1.54, 1.807) is 0 Å². The second-order valence-corrected chi connectivity index (χ2v) is 6.78. The highest BCUT2D eigenvalue weighted by atomic mass is 14.8. The second-order valence-electron chi connectivity index (χ2n) is 6.78. The number of hydrogen-bond acceptors (Lipinski definition) is 2. The summed E-state index contributed by atoms with van der Waals surface area (Å²) in [5.41, 5.74) is 9.95. The summed E-state index contributed by atoms with van der Waals surface area (Å²) >= 11 is 0. The van der Waals surface area contributed by atoms with E-state index in [1.165, 1.54) is 61.6 Å². The predicted molar refractivity (Wildman–Crippen MR) is 105 cm³/mol. The summed E-state index contributed by atoms with van der Waals surface area (Å²) in [4.78, 5) is 0. The fourth-order valence-electron chi connectivity index (χ4n) is 3.14. The molecule has 1 aliphatic rings. The molecule has 132 valence electrons. The Hall–Kier alpha value is -1.38. The van der Waals surface area contributed by atoms with E-state index in [2.05, 4.69) is 47.8 Å². The highest BCUT2D eigenvalue weighted by molar-refractivity contribution is 5.23. The zero-order chi connectivity index (χ0) is 16.9. The van der Waals surface area contributed by atoms with Crippen molar-refractivity contribution in [1.82, 2.24) is 5.32 Å². The van der Waals surface area contributed by atoms with E-state index < -0.39 is 0 Å². The molecule has 0 aliphatic heterocycles. The smallest absolute Gasteiger partial charge is 0.000847 e. The normalized spacial score (nSPS) is 14.0. The average molecular weight is 327 g/mol. The minimum Gasteiger partial charge on any atom is -0.330 e. The van der Waals surface area contributed by atoms with Gasteiger partial charge in [0.25, 0.3) is 0 Å². The maximum Gasteiger partial charge on any atom is -0.000847 e. The van der Waals surface area contributed by atoms with Crippen LogP contribution < -0.4 is 11.1 Å². The van der Waals surface area contributed by atoms with Crippen LogP contribution in [0.2, 0.25) is 0 Å². The number of aryl methyl sites for hydroxylation is 2. The van der Waals surface area contributed by atoms with Crippen LogP contribution in [-0.2, 0) is 12.8 Å². The van der Waals surface area contributed by atoms with Gasteiger partial charge in [-0.3, -0.25) is 0 Å². The lowest BCUT2D eigenvalue weighted by Crippen LogP contribution is -2.17. The fraction of sp³-hybridized carbons (Fsp3) is 0.545. The van der Waals surface area contributed by atoms with Gasteiger partial charge in [0.05, 0.1) is 0 Å². The summed E-state index contributed by atoms with van der Waals surface area (Å²) in [5, 5.41) is 3.57. The zero-order valence-corrected chi connectivity index (χ0v) is 15.1. The maximum absolute atomic E-state index is 5.54. The molecule has 1 aromatic carbocycles. The summed E-state index contributed by atoms with van der Waals surface area (Å²) in [6, 6.07) is 9.17. The van der Waals surface area contributed by atoms with Crippen LogP contribution in [0, 0.1) is 0 Å². The van der Waals surface area contributed by atoms with Crippen molar-refractivity contribution in [2.24, 2.45) is 5.73 Å². The van der Waals surface area contributed by atoms with E-state index in [-0.39, 0.29) is 0 Å². The summed E-state index contributed by atoms with van der Waals surface area (Å²) in [6.45, 7) is 3.04. The van der Waals surface area contributed by atoms with E-state index in [0.29, 0.717) is 0 Å². The van der Waals surface area contributed by atoms with Crippen LogP contribution in [0.15, 0.2) is 48.1 Å². The van der Waals surface area contributed by atoms with Crippen LogP contribution in [0.1, 0.15) is 56.1 Å². The van der Waals surface area contributed by atoms with Crippen LogP contribution >= 0.6 is 0 Å². The van der Waals surface area contributed by atoms with Gasteiger partial charge in [0.15, 0.2) is 0 Å². The first kappa shape index (κ1) is 19.0. The highest BCUT2D eigenvalue weighted by Gasteiger charge is 1.98. The highest BCUT2D eigenvalue weighted by Crippen LogP contribution is 2.12. The molecule has 1 aromatic rings. The summed E-state index contributed by atoms with van der Waals surface area (Å²) in [7, 11) is 0. The standard InChI is InChI=1S/C22H34N2/c23-17-6-4-10-21-12-14-22(15-13-21)11-5-7-18-24-19-16-20-8-2-1-3-9-20/h2,8-9,12-15,24H,1,3-7,10-11,16-19,23H2. The van der Waals surface area contributed by atoms with Crippen LogP contribution in [0.5, 0.6) is 0 Å². The van der Waals surface area contributed by atoms with E-state index in [1.807, 2.05) is 0 Å². The van der Waals surface area contributed by atoms with Gasteiger partial charge in [0.2, 0.25) is 0 Å². The molecule has 3 N–H and O–H groups in total. The molecule has 24 heavy (non-hydrogen) atoms. The molecule has 0 unspecified atom stereocenters. The molecule has 0 amide bonds. The summed E-state index contributed by atoms with van der Waals surface area (Å²) < 4.78 is 0. The molecule has 0 bridgehead atoms. The van der Waals surface area contributed by atoms with Gasteiger partial charge in [-0.2, -0.15) is 0 Å². The number of nitrogens with one attached hydrogen (secondary N) is 1. The Morgan fingerprint density at radius 3 is 2.12 bits per heavy atom. The molecule has 2 rings (SSSR count). The lowest BCUT2D eigenvalue weighted by atomic mass is 10.0. The van der Waals surface area contributed by atoms with Crippen molar-refractivity contribution in [2.45, 2.75) is 57.8 Å². The fourth-order valence-corrected chi connectivity index (χ4v) is 3.14. The Kier molecular flexibility index (Phi) is 9.52. The van der Waals surface area contributed by atoms with Gasteiger partial charge in [0.1, 0.15) is 0 Å². The van der Waals surface area contributed by atoms with Gasteiger partial charge < -0.3 is 11.1 Å². The summed E-state index contributed by atoms with van der Waals surface area (Å²) in [5.74, 6) is 0.